The van der Waals surface area contributed by atoms with Crippen LogP contribution in [-0.2, 0) is 6.61 Å². The molecule has 0 radical (unpaired) electrons. The normalized spacial score (nSPS) is 10.2. The number of aliphatic hydroxyl groups excluding tert-OH is 1. The maximum Gasteiger partial charge on any atom is 0.142 e. The molecule has 1 rings (SSSR count). The number of pyridine rings is 1. The van der Waals surface area contributed by atoms with Gasteiger partial charge >= 0.3 is 0 Å². The molecule has 14 heavy (non-hydrogen) atoms. The zero-order valence-corrected chi connectivity index (χ0v) is 9.14. The first kappa shape index (κ1) is 13.2. The van der Waals surface area contributed by atoms with Crippen LogP contribution in [0.15, 0.2) is 11.7 Å². The number of aliphatic hydroxyl groups is 1. The summed E-state index contributed by atoms with van der Waals surface area (Å²) in [7, 11) is 0. The van der Waals surface area contributed by atoms with Gasteiger partial charge in [0.2, 0.25) is 0 Å². The number of rotatable bonds is 2. The molecule has 0 aliphatic heterocycles. The summed E-state index contributed by atoms with van der Waals surface area (Å²) in [4.78, 5) is 3.93. The third-order valence-electron chi connectivity index (χ3n) is 1.77. The number of hydrogen-bond donors (Lipinski definition) is 2. The van der Waals surface area contributed by atoms with Crippen LogP contribution in [0, 0.1) is 6.92 Å². The number of hydrogen-bond acceptors (Lipinski definition) is 3. The number of aromatic nitrogens is 1. The van der Waals surface area contributed by atoms with Crippen molar-refractivity contribution in [2.75, 3.05) is 0 Å². The largest absolute Gasteiger partial charge is 0.506 e. The van der Waals surface area contributed by atoms with Crippen molar-refractivity contribution < 1.29 is 10.2 Å². The number of aromatic hydroxyl groups is 1. The SMILES string of the molecule is Cc1ncc(/C=C/Cl)c(CO)c1O.Cl. The van der Waals surface area contributed by atoms with Crippen LogP contribution in [0.5, 0.6) is 5.75 Å². The molecule has 0 amide bonds. The van der Waals surface area contributed by atoms with Gasteiger partial charge in [-0.05, 0) is 13.0 Å². The van der Waals surface area contributed by atoms with Gasteiger partial charge in [0.25, 0.3) is 0 Å². The molecule has 0 saturated heterocycles. The van der Waals surface area contributed by atoms with Gasteiger partial charge in [-0.2, -0.15) is 0 Å². The molecule has 0 aromatic carbocycles. The van der Waals surface area contributed by atoms with Gasteiger partial charge in [-0.3, -0.25) is 4.98 Å². The van der Waals surface area contributed by atoms with E-state index in [0.29, 0.717) is 16.8 Å². The first-order valence-electron chi connectivity index (χ1n) is 3.75. The highest BCUT2D eigenvalue weighted by molar-refractivity contribution is 6.27. The van der Waals surface area contributed by atoms with E-state index in [4.69, 9.17) is 16.7 Å². The van der Waals surface area contributed by atoms with Gasteiger partial charge in [0.15, 0.2) is 0 Å². The summed E-state index contributed by atoms with van der Waals surface area (Å²) < 4.78 is 0. The maximum atomic E-state index is 9.51. The molecule has 3 nitrogen and oxygen atoms in total. The third kappa shape index (κ3) is 2.61. The molecule has 0 spiro atoms. The highest BCUT2D eigenvalue weighted by atomic mass is 35.5. The fourth-order valence-corrected chi connectivity index (χ4v) is 1.17. The Bertz CT molecular complexity index is 340. The minimum atomic E-state index is -0.230. The van der Waals surface area contributed by atoms with Crippen LogP contribution in [0.2, 0.25) is 0 Å². The van der Waals surface area contributed by atoms with Crippen molar-refractivity contribution in [3.05, 3.63) is 28.6 Å². The standard InChI is InChI=1S/C9H10ClNO2.ClH/c1-6-9(13)8(5-12)7(2-3-10)4-11-6;/h2-4,12-13H,5H2,1H3;1H/b3-2+;. The van der Waals surface area contributed by atoms with Gasteiger partial charge < -0.3 is 10.2 Å². The summed E-state index contributed by atoms with van der Waals surface area (Å²) in [5, 5.41) is 18.5. The van der Waals surface area contributed by atoms with E-state index in [1.807, 2.05) is 0 Å². The predicted octanol–water partition coefficient (Wildman–Crippen LogP) is 2.22. The highest BCUT2D eigenvalue weighted by Gasteiger charge is 2.08. The van der Waals surface area contributed by atoms with Crippen molar-refractivity contribution in [3.8, 4) is 5.75 Å². The first-order valence-corrected chi connectivity index (χ1v) is 4.19. The van der Waals surface area contributed by atoms with Crippen molar-refractivity contribution in [1.82, 2.24) is 4.98 Å². The minimum Gasteiger partial charge on any atom is -0.506 e. The van der Waals surface area contributed by atoms with E-state index < -0.39 is 0 Å². The van der Waals surface area contributed by atoms with E-state index in [0.717, 1.165) is 0 Å². The van der Waals surface area contributed by atoms with Crippen LogP contribution < -0.4 is 0 Å². The van der Waals surface area contributed by atoms with Crippen molar-refractivity contribution in [1.29, 1.82) is 0 Å². The molecular formula is C9H11Cl2NO2. The Hall–Kier alpha value is -0.770. The lowest BCUT2D eigenvalue weighted by Gasteiger charge is -2.06. The van der Waals surface area contributed by atoms with Crippen molar-refractivity contribution >= 4 is 30.1 Å². The summed E-state index contributed by atoms with van der Waals surface area (Å²) in [6.45, 7) is 1.44. The highest BCUT2D eigenvalue weighted by Crippen LogP contribution is 2.24. The number of nitrogens with zero attached hydrogens (tertiary/aromatic N) is 1. The lowest BCUT2D eigenvalue weighted by molar-refractivity contribution is 0.274. The van der Waals surface area contributed by atoms with Crippen LogP contribution in [0.4, 0.5) is 0 Å². The second kappa shape index (κ2) is 5.86. The Morgan fingerprint density at radius 2 is 2.21 bits per heavy atom. The van der Waals surface area contributed by atoms with Gasteiger partial charge in [0.1, 0.15) is 5.75 Å². The van der Waals surface area contributed by atoms with Crippen LogP contribution in [0.3, 0.4) is 0 Å². The first-order chi connectivity index (χ1) is 6.20. The fraction of sp³-hybridized carbons (Fsp3) is 0.222. The molecule has 1 heterocycles. The molecule has 1 aromatic heterocycles. The monoisotopic (exact) mass is 235 g/mol. The molecule has 0 aliphatic rings. The topological polar surface area (TPSA) is 53.4 Å². The zero-order chi connectivity index (χ0) is 9.84. The van der Waals surface area contributed by atoms with Gasteiger partial charge in [0.05, 0.1) is 12.3 Å². The maximum absolute atomic E-state index is 9.51. The molecule has 0 bridgehead atoms. The van der Waals surface area contributed by atoms with Crippen LogP contribution >= 0.6 is 24.0 Å². The van der Waals surface area contributed by atoms with E-state index in [1.165, 1.54) is 5.54 Å². The Balaban J connectivity index is 0.00000169. The van der Waals surface area contributed by atoms with E-state index in [1.54, 1.807) is 19.2 Å². The van der Waals surface area contributed by atoms with E-state index >= 15 is 0 Å². The minimum absolute atomic E-state index is 0. The summed E-state index contributed by atoms with van der Waals surface area (Å²) in [5.41, 5.74) is 2.88. The Morgan fingerprint density at radius 1 is 1.57 bits per heavy atom. The average molecular weight is 236 g/mol. The molecule has 0 fully saturated rings. The molecule has 1 aromatic rings. The van der Waals surface area contributed by atoms with Crippen LogP contribution in [-0.4, -0.2) is 15.2 Å². The Morgan fingerprint density at radius 3 is 2.71 bits per heavy atom. The zero-order valence-electron chi connectivity index (χ0n) is 7.57. The molecule has 2 N–H and O–H groups in total. The molecule has 78 valence electrons. The molecule has 0 atom stereocenters. The van der Waals surface area contributed by atoms with Crippen LogP contribution in [0.1, 0.15) is 16.8 Å². The Labute approximate surface area is 93.5 Å². The van der Waals surface area contributed by atoms with Crippen molar-refractivity contribution in [2.24, 2.45) is 0 Å². The number of halogens is 2. The lowest BCUT2D eigenvalue weighted by atomic mass is 10.1. The Kier molecular flexibility index (Phi) is 5.53. The summed E-state index contributed by atoms with van der Waals surface area (Å²) in [6, 6.07) is 0. The second-order valence-electron chi connectivity index (χ2n) is 2.58. The molecule has 0 unspecified atom stereocenters. The quantitative estimate of drug-likeness (QED) is 0.827. The smallest absolute Gasteiger partial charge is 0.142 e. The lowest BCUT2D eigenvalue weighted by Crippen LogP contribution is -1.94. The van der Waals surface area contributed by atoms with Crippen LogP contribution in [0.25, 0.3) is 6.08 Å². The summed E-state index contributed by atoms with van der Waals surface area (Å²) >= 11 is 5.39. The second-order valence-corrected chi connectivity index (χ2v) is 2.83. The van der Waals surface area contributed by atoms with Crippen molar-refractivity contribution in [2.45, 2.75) is 13.5 Å². The predicted molar refractivity (Wildman–Crippen MR) is 58.7 cm³/mol. The average Bonchev–Trinajstić information content (AvgIpc) is 2.12. The van der Waals surface area contributed by atoms with E-state index in [-0.39, 0.29) is 24.8 Å². The van der Waals surface area contributed by atoms with Crippen molar-refractivity contribution in [3.63, 3.8) is 0 Å². The molecule has 0 aliphatic carbocycles. The third-order valence-corrected chi connectivity index (χ3v) is 1.90. The summed E-state index contributed by atoms with van der Waals surface area (Å²) in [5.74, 6) is 0.0229. The van der Waals surface area contributed by atoms with Gasteiger partial charge in [0, 0.05) is 22.9 Å². The van der Waals surface area contributed by atoms with Gasteiger partial charge in [-0.1, -0.05) is 11.6 Å². The fourth-order valence-electron chi connectivity index (χ4n) is 1.04. The summed E-state index contributed by atoms with van der Waals surface area (Å²) in [6.07, 6.45) is 3.12. The van der Waals surface area contributed by atoms with E-state index in [9.17, 15) is 5.11 Å². The number of aryl methyl sites for hydroxylation is 1. The molecule has 5 heteroatoms. The van der Waals surface area contributed by atoms with Gasteiger partial charge in [-0.15, -0.1) is 12.4 Å². The molecule has 0 saturated carbocycles. The van der Waals surface area contributed by atoms with E-state index in [2.05, 4.69) is 4.98 Å². The molecular weight excluding hydrogens is 225 g/mol. The van der Waals surface area contributed by atoms with Gasteiger partial charge in [-0.25, -0.2) is 0 Å².